The van der Waals surface area contributed by atoms with Gasteiger partial charge in [-0.15, -0.1) is 11.3 Å². The molecule has 1 N–H and O–H groups in total. The second-order valence-corrected chi connectivity index (χ2v) is 7.25. The first-order valence-corrected chi connectivity index (χ1v) is 7.63. The topological polar surface area (TPSA) is 12.0 Å². The fraction of sp³-hybridized carbons (Fsp3) is 0.412. The largest absolute Gasteiger partial charge is 0.312 e. The summed E-state index contributed by atoms with van der Waals surface area (Å²) in [7, 11) is 0. The Morgan fingerprint density at radius 3 is 2.37 bits per heavy atom. The van der Waals surface area contributed by atoms with Gasteiger partial charge in [-0.1, -0.05) is 44.2 Å². The highest BCUT2D eigenvalue weighted by molar-refractivity contribution is 7.12. The minimum absolute atomic E-state index is 0.167. The summed E-state index contributed by atoms with van der Waals surface area (Å²) in [5.41, 5.74) is 2.99. The number of nitrogens with one attached hydrogen (secondary N) is 1. The Morgan fingerprint density at radius 1 is 1.11 bits per heavy atom. The Bertz CT molecular complexity index is 525. The van der Waals surface area contributed by atoms with Crippen molar-refractivity contribution >= 4 is 11.3 Å². The van der Waals surface area contributed by atoms with Gasteiger partial charge in [-0.2, -0.15) is 0 Å². The van der Waals surface area contributed by atoms with Gasteiger partial charge in [0.05, 0.1) is 0 Å². The van der Waals surface area contributed by atoms with Crippen molar-refractivity contribution in [2.75, 3.05) is 6.54 Å². The molecule has 0 amide bonds. The van der Waals surface area contributed by atoms with Crippen molar-refractivity contribution in [2.24, 2.45) is 0 Å². The summed E-state index contributed by atoms with van der Waals surface area (Å²) >= 11 is 1.88. The van der Waals surface area contributed by atoms with E-state index in [2.05, 4.69) is 69.4 Å². The summed E-state index contributed by atoms with van der Waals surface area (Å²) in [5.74, 6) is 0. The smallest absolute Gasteiger partial charge is 0.0216 e. The van der Waals surface area contributed by atoms with E-state index in [1.54, 1.807) is 0 Å². The van der Waals surface area contributed by atoms with Gasteiger partial charge in [0.2, 0.25) is 0 Å². The van der Waals surface area contributed by atoms with Gasteiger partial charge < -0.3 is 5.32 Å². The third kappa shape index (κ3) is 3.68. The Kier molecular flexibility index (Phi) is 4.43. The molecule has 1 nitrogen and oxygen atoms in total. The molecule has 2 aromatic rings. The molecule has 0 aliphatic heterocycles. The fourth-order valence-electron chi connectivity index (χ4n) is 2.36. The van der Waals surface area contributed by atoms with Crippen LogP contribution in [0.15, 0.2) is 36.4 Å². The molecule has 0 saturated heterocycles. The number of aryl methyl sites for hydroxylation is 2. The molecular weight excluding hydrogens is 250 g/mol. The zero-order valence-electron chi connectivity index (χ0n) is 12.3. The average molecular weight is 273 g/mol. The van der Waals surface area contributed by atoms with Gasteiger partial charge >= 0.3 is 0 Å². The van der Waals surface area contributed by atoms with Crippen molar-refractivity contribution in [2.45, 2.75) is 39.7 Å². The molecule has 1 heterocycles. The minimum Gasteiger partial charge on any atom is -0.312 e. The monoisotopic (exact) mass is 273 g/mol. The van der Waals surface area contributed by atoms with Crippen molar-refractivity contribution in [3.05, 3.63) is 57.3 Å². The van der Waals surface area contributed by atoms with E-state index in [0.717, 1.165) is 13.1 Å². The summed E-state index contributed by atoms with van der Waals surface area (Å²) < 4.78 is 0. The van der Waals surface area contributed by atoms with E-state index in [0.29, 0.717) is 0 Å². The Morgan fingerprint density at radius 2 is 1.79 bits per heavy atom. The molecule has 1 aromatic carbocycles. The molecule has 1 aromatic heterocycles. The summed E-state index contributed by atoms with van der Waals surface area (Å²) in [5, 5.41) is 3.60. The third-order valence-corrected chi connectivity index (χ3v) is 4.59. The van der Waals surface area contributed by atoms with E-state index >= 15 is 0 Å². The van der Waals surface area contributed by atoms with Gasteiger partial charge in [0.1, 0.15) is 0 Å². The lowest BCUT2D eigenvalue weighted by molar-refractivity contribution is 0.469. The first-order chi connectivity index (χ1) is 8.99. The maximum absolute atomic E-state index is 3.60. The molecule has 0 aliphatic rings. The molecule has 0 spiro atoms. The molecule has 19 heavy (non-hydrogen) atoms. The highest BCUT2D eigenvalue weighted by Crippen LogP contribution is 2.23. The quantitative estimate of drug-likeness (QED) is 0.849. The van der Waals surface area contributed by atoms with Gasteiger partial charge in [0.25, 0.3) is 0 Å². The van der Waals surface area contributed by atoms with Crippen LogP contribution >= 0.6 is 11.3 Å². The van der Waals surface area contributed by atoms with E-state index in [4.69, 9.17) is 0 Å². The first kappa shape index (κ1) is 14.3. The third-order valence-electron chi connectivity index (χ3n) is 3.58. The molecule has 0 fully saturated rings. The molecule has 2 heteroatoms. The zero-order valence-corrected chi connectivity index (χ0v) is 13.1. The molecular formula is C17H23NS. The number of thiophene rings is 1. The van der Waals surface area contributed by atoms with Crippen LogP contribution in [0.4, 0.5) is 0 Å². The van der Waals surface area contributed by atoms with Gasteiger partial charge in [-0.25, -0.2) is 0 Å². The Labute approximate surface area is 120 Å². The van der Waals surface area contributed by atoms with Crippen LogP contribution in [0, 0.1) is 13.8 Å². The summed E-state index contributed by atoms with van der Waals surface area (Å²) in [6.07, 6.45) is 0. The highest BCUT2D eigenvalue weighted by Gasteiger charge is 2.19. The summed E-state index contributed by atoms with van der Waals surface area (Å²) in [6, 6.07) is 13.0. The van der Waals surface area contributed by atoms with Crippen LogP contribution in [0.25, 0.3) is 0 Å². The molecule has 0 saturated carbocycles. The molecule has 0 radical (unpaired) electrons. The van der Waals surface area contributed by atoms with Crippen molar-refractivity contribution in [3.8, 4) is 0 Å². The average Bonchev–Trinajstić information content (AvgIpc) is 2.69. The molecule has 0 bridgehead atoms. The van der Waals surface area contributed by atoms with Crippen LogP contribution in [0.1, 0.15) is 34.7 Å². The van der Waals surface area contributed by atoms with Crippen LogP contribution in [0.2, 0.25) is 0 Å². The van der Waals surface area contributed by atoms with E-state index in [-0.39, 0.29) is 5.41 Å². The highest BCUT2D eigenvalue weighted by atomic mass is 32.1. The van der Waals surface area contributed by atoms with Crippen molar-refractivity contribution < 1.29 is 0 Å². The lowest BCUT2D eigenvalue weighted by Crippen LogP contribution is -2.32. The fourth-order valence-corrected chi connectivity index (χ4v) is 3.31. The maximum atomic E-state index is 3.60. The molecule has 2 rings (SSSR count). The molecule has 0 aliphatic carbocycles. The maximum Gasteiger partial charge on any atom is 0.0216 e. The van der Waals surface area contributed by atoms with Gasteiger partial charge in [0.15, 0.2) is 0 Å². The second-order valence-electron chi connectivity index (χ2n) is 5.79. The van der Waals surface area contributed by atoms with Gasteiger partial charge in [-0.05, 0) is 31.0 Å². The first-order valence-electron chi connectivity index (χ1n) is 6.81. The second kappa shape index (κ2) is 5.89. The van der Waals surface area contributed by atoms with Crippen LogP contribution in [0.5, 0.6) is 0 Å². The van der Waals surface area contributed by atoms with Crippen LogP contribution < -0.4 is 5.32 Å². The predicted molar refractivity (Wildman–Crippen MR) is 85.0 cm³/mol. The summed E-state index contributed by atoms with van der Waals surface area (Å²) in [6.45, 7) is 10.9. The predicted octanol–water partition coefficient (Wildman–Crippen LogP) is 4.43. The van der Waals surface area contributed by atoms with Gasteiger partial charge in [-0.3, -0.25) is 0 Å². The van der Waals surface area contributed by atoms with Crippen molar-refractivity contribution in [1.29, 1.82) is 0 Å². The minimum atomic E-state index is 0.167. The SMILES string of the molecule is Cc1cc(CNCC(C)(C)c2ccccc2)c(C)s1. The van der Waals surface area contributed by atoms with Crippen molar-refractivity contribution in [1.82, 2.24) is 5.32 Å². The van der Waals surface area contributed by atoms with E-state index < -0.39 is 0 Å². The van der Waals surface area contributed by atoms with Crippen LogP contribution in [-0.2, 0) is 12.0 Å². The summed E-state index contributed by atoms with van der Waals surface area (Å²) in [4.78, 5) is 2.83. The van der Waals surface area contributed by atoms with E-state index in [9.17, 15) is 0 Å². The number of benzene rings is 1. The number of rotatable bonds is 5. The standard InChI is InChI=1S/C17H23NS/c1-13-10-15(14(2)19-13)11-18-12-17(3,4)16-8-6-5-7-9-16/h5-10,18H,11-12H2,1-4H3. The molecule has 0 unspecified atom stereocenters. The van der Waals surface area contributed by atoms with Crippen LogP contribution in [0.3, 0.4) is 0 Å². The van der Waals surface area contributed by atoms with Gasteiger partial charge in [0, 0.05) is 28.3 Å². The number of hydrogen-bond acceptors (Lipinski definition) is 2. The Balaban J connectivity index is 1.94. The molecule has 0 atom stereocenters. The molecule has 102 valence electrons. The lowest BCUT2D eigenvalue weighted by Gasteiger charge is -2.25. The Hall–Kier alpha value is -1.12. The number of hydrogen-bond donors (Lipinski definition) is 1. The van der Waals surface area contributed by atoms with Crippen molar-refractivity contribution in [3.63, 3.8) is 0 Å². The van der Waals surface area contributed by atoms with E-state index in [1.165, 1.54) is 20.9 Å². The zero-order chi connectivity index (χ0) is 13.9. The van der Waals surface area contributed by atoms with Crippen LogP contribution in [-0.4, -0.2) is 6.54 Å². The van der Waals surface area contributed by atoms with E-state index in [1.807, 2.05) is 11.3 Å². The lowest BCUT2D eigenvalue weighted by atomic mass is 9.84. The normalized spacial score (nSPS) is 11.8.